The van der Waals surface area contributed by atoms with Gasteiger partial charge in [-0.2, -0.15) is 0 Å². The maximum Gasteiger partial charge on any atom is 0.407 e. The lowest BCUT2D eigenvalue weighted by Gasteiger charge is -2.29. The molecule has 0 fully saturated rings. The zero-order valence-electron chi connectivity index (χ0n) is 24.6. The molecular weight excluding hydrogens is 544 g/mol. The van der Waals surface area contributed by atoms with Gasteiger partial charge in [-0.25, -0.2) is 9.59 Å². The zero-order valence-corrected chi connectivity index (χ0v) is 24.6. The van der Waals surface area contributed by atoms with Gasteiger partial charge in [0.25, 0.3) is 0 Å². The van der Waals surface area contributed by atoms with E-state index in [-0.39, 0.29) is 35.9 Å². The number of aliphatic hydroxyl groups excluding tert-OH is 1. The smallest absolute Gasteiger partial charge is 0.407 e. The van der Waals surface area contributed by atoms with Crippen molar-refractivity contribution >= 4 is 23.6 Å². The molecule has 3 N–H and O–H groups in total. The number of allylic oxidation sites excluding steroid dienone is 2. The molecule has 0 spiro atoms. The number of carboxylic acid groups (broad SMARTS) is 1. The Balaban J connectivity index is 1.18. The molecule has 222 valence electrons. The number of benzene rings is 3. The summed E-state index contributed by atoms with van der Waals surface area (Å²) in [6, 6.07) is 22.1. The number of carbonyl (C=O) groups is 3. The highest BCUT2D eigenvalue weighted by molar-refractivity contribution is 6.22. The summed E-state index contributed by atoms with van der Waals surface area (Å²) >= 11 is 0. The second kappa shape index (κ2) is 12.3. The Morgan fingerprint density at radius 3 is 2.12 bits per heavy atom. The minimum atomic E-state index is -1.17. The van der Waals surface area contributed by atoms with Gasteiger partial charge in [0.1, 0.15) is 18.4 Å². The molecule has 8 heteroatoms. The van der Waals surface area contributed by atoms with Gasteiger partial charge < -0.3 is 20.3 Å². The van der Waals surface area contributed by atoms with E-state index in [0.29, 0.717) is 30.7 Å². The molecule has 5 rings (SSSR count). The van der Waals surface area contributed by atoms with Crippen LogP contribution in [-0.4, -0.2) is 46.4 Å². The monoisotopic (exact) mass is 580 g/mol. The van der Waals surface area contributed by atoms with Gasteiger partial charge in [-0.1, -0.05) is 86.6 Å². The van der Waals surface area contributed by atoms with Gasteiger partial charge in [-0.3, -0.25) is 9.79 Å². The molecule has 1 atom stereocenters. The van der Waals surface area contributed by atoms with E-state index in [2.05, 4.69) is 10.3 Å². The molecule has 0 heterocycles. The molecule has 0 bridgehead atoms. The van der Waals surface area contributed by atoms with Crippen molar-refractivity contribution in [1.82, 2.24) is 5.32 Å². The topological polar surface area (TPSA) is 125 Å². The highest BCUT2D eigenvalue weighted by Crippen LogP contribution is 2.44. The molecule has 2 aliphatic carbocycles. The van der Waals surface area contributed by atoms with Crippen molar-refractivity contribution in [2.75, 3.05) is 6.61 Å². The summed E-state index contributed by atoms with van der Waals surface area (Å²) < 4.78 is 5.53. The van der Waals surface area contributed by atoms with Crippen molar-refractivity contribution in [1.29, 1.82) is 0 Å². The Morgan fingerprint density at radius 1 is 0.953 bits per heavy atom. The van der Waals surface area contributed by atoms with Crippen LogP contribution in [0.2, 0.25) is 0 Å². The molecule has 0 saturated carbocycles. The number of carboxylic acids is 1. The Kier molecular flexibility index (Phi) is 8.48. The minimum absolute atomic E-state index is 0.0765. The summed E-state index contributed by atoms with van der Waals surface area (Å²) in [6.07, 6.45) is 0.0919. The van der Waals surface area contributed by atoms with Crippen molar-refractivity contribution in [3.63, 3.8) is 0 Å². The summed E-state index contributed by atoms with van der Waals surface area (Å²) in [5.41, 5.74) is 6.50. The van der Waals surface area contributed by atoms with Gasteiger partial charge in [-0.15, -0.1) is 0 Å². The number of nitrogens with one attached hydrogen (secondary N) is 1. The molecule has 0 saturated heterocycles. The number of amides is 1. The lowest BCUT2D eigenvalue weighted by atomic mass is 9.76. The van der Waals surface area contributed by atoms with Crippen molar-refractivity contribution in [2.45, 2.75) is 58.5 Å². The minimum Gasteiger partial charge on any atom is -0.511 e. The first-order chi connectivity index (χ1) is 20.5. The van der Waals surface area contributed by atoms with Gasteiger partial charge in [0.2, 0.25) is 0 Å². The normalized spacial score (nSPS) is 16.8. The molecule has 2 aliphatic rings. The molecule has 8 nitrogen and oxygen atoms in total. The number of alkyl carbamates (subject to hydrolysis) is 1. The first kappa shape index (κ1) is 29.8. The van der Waals surface area contributed by atoms with Crippen LogP contribution in [0, 0.1) is 5.41 Å². The second-order valence-electron chi connectivity index (χ2n) is 12.0. The number of Topliss-reactive ketones (excluding diaryl/α,β-unsaturated/α-hetero) is 1. The fourth-order valence-corrected chi connectivity index (χ4v) is 5.99. The van der Waals surface area contributed by atoms with Crippen molar-refractivity contribution in [3.8, 4) is 11.1 Å². The molecule has 0 radical (unpaired) electrons. The quantitative estimate of drug-likeness (QED) is 0.252. The molecular formula is C35H36N2O6. The van der Waals surface area contributed by atoms with Gasteiger partial charge >= 0.3 is 12.1 Å². The Labute approximate surface area is 251 Å². The van der Waals surface area contributed by atoms with E-state index in [9.17, 15) is 24.6 Å². The number of hydrogen-bond donors (Lipinski definition) is 3. The third-order valence-electron chi connectivity index (χ3n) is 8.11. The average Bonchev–Trinajstić information content (AvgIpc) is 3.28. The number of rotatable bonds is 9. The molecule has 0 unspecified atom stereocenters. The number of hydrogen-bond acceptors (Lipinski definition) is 6. The third-order valence-corrected chi connectivity index (χ3v) is 8.11. The summed E-state index contributed by atoms with van der Waals surface area (Å²) in [5.74, 6) is -1.30. The van der Waals surface area contributed by atoms with Crippen molar-refractivity contribution in [3.05, 3.63) is 106 Å². The first-order valence-corrected chi connectivity index (χ1v) is 14.4. The van der Waals surface area contributed by atoms with Crippen LogP contribution in [0.5, 0.6) is 0 Å². The number of ketones is 1. The van der Waals surface area contributed by atoms with E-state index in [1.807, 2.05) is 74.5 Å². The molecule has 1 amide bonds. The molecule has 0 aliphatic heterocycles. The van der Waals surface area contributed by atoms with Crippen LogP contribution in [-0.2, 0) is 27.3 Å². The van der Waals surface area contributed by atoms with E-state index >= 15 is 0 Å². The highest BCUT2D eigenvalue weighted by atomic mass is 16.5. The molecule has 3 aromatic rings. The summed E-state index contributed by atoms with van der Waals surface area (Å²) in [6.45, 7) is 6.03. The lowest BCUT2D eigenvalue weighted by Crippen LogP contribution is -2.42. The predicted octanol–water partition coefficient (Wildman–Crippen LogP) is 6.38. The fraction of sp³-hybridized carbons (Fsp3) is 0.314. The lowest BCUT2D eigenvalue weighted by molar-refractivity contribution is -0.139. The number of nitrogens with zero attached hydrogens (tertiary/aromatic N) is 1. The Bertz CT molecular complexity index is 1570. The van der Waals surface area contributed by atoms with Crippen LogP contribution in [0.25, 0.3) is 11.1 Å². The number of aliphatic hydroxyl groups is 1. The van der Waals surface area contributed by atoms with E-state index in [4.69, 9.17) is 4.74 Å². The second-order valence-corrected chi connectivity index (χ2v) is 12.0. The number of aliphatic imine (C=N–C) groups is 1. The summed E-state index contributed by atoms with van der Waals surface area (Å²) in [5, 5.41) is 22.7. The fourth-order valence-electron chi connectivity index (χ4n) is 5.99. The van der Waals surface area contributed by atoms with Gasteiger partial charge in [0, 0.05) is 30.9 Å². The Morgan fingerprint density at radius 2 is 1.53 bits per heavy atom. The molecule has 3 aromatic carbocycles. The van der Waals surface area contributed by atoms with E-state index in [1.165, 1.54) is 0 Å². The largest absolute Gasteiger partial charge is 0.511 e. The van der Waals surface area contributed by atoms with Crippen LogP contribution in [0.1, 0.15) is 61.8 Å². The number of ether oxygens (including phenoxy) is 1. The maximum atomic E-state index is 12.7. The maximum absolute atomic E-state index is 12.7. The van der Waals surface area contributed by atoms with E-state index in [1.54, 1.807) is 19.1 Å². The SMILES string of the molecule is CC(=NCc1ccc(C[C@H](NC(=O)OCC2c3ccccc3-c3ccccc32)C(=O)O)cc1)C1=C(O)CC(C)(C)CC1=O. The van der Waals surface area contributed by atoms with Crippen LogP contribution in [0.3, 0.4) is 0 Å². The zero-order chi connectivity index (χ0) is 30.7. The molecule has 43 heavy (non-hydrogen) atoms. The first-order valence-electron chi connectivity index (χ1n) is 14.4. The van der Waals surface area contributed by atoms with Gasteiger partial charge in [0.15, 0.2) is 5.78 Å². The Hall–Kier alpha value is -4.72. The summed E-state index contributed by atoms with van der Waals surface area (Å²) in [4.78, 5) is 41.8. The van der Waals surface area contributed by atoms with Crippen molar-refractivity contribution < 1.29 is 29.3 Å². The van der Waals surface area contributed by atoms with Crippen LogP contribution in [0.4, 0.5) is 4.79 Å². The van der Waals surface area contributed by atoms with E-state index < -0.39 is 18.1 Å². The van der Waals surface area contributed by atoms with Gasteiger partial charge in [-0.05, 0) is 45.7 Å². The predicted molar refractivity (Wildman–Crippen MR) is 164 cm³/mol. The van der Waals surface area contributed by atoms with E-state index in [0.717, 1.165) is 33.4 Å². The van der Waals surface area contributed by atoms with Gasteiger partial charge in [0.05, 0.1) is 12.1 Å². The standard InChI is InChI=1S/C35H36N2O6/c1-21(32-30(38)17-35(2,3)18-31(32)39)36-19-23-14-12-22(13-15-23)16-29(33(40)41)37-34(42)43-20-28-26-10-6-4-8-24(26)25-9-5-7-11-27(25)28/h4-15,28-29,38H,16-20H2,1-3H3,(H,37,42)(H,40,41)/t29-/m0/s1. The highest BCUT2D eigenvalue weighted by Gasteiger charge is 2.34. The van der Waals surface area contributed by atoms with Crippen LogP contribution in [0.15, 0.2) is 89.1 Å². The third kappa shape index (κ3) is 6.69. The average molecular weight is 581 g/mol. The number of carbonyl (C=O) groups excluding carboxylic acids is 2. The molecule has 0 aromatic heterocycles. The van der Waals surface area contributed by atoms with Crippen molar-refractivity contribution in [2.24, 2.45) is 10.4 Å². The number of fused-ring (bicyclic) bond motifs is 3. The van der Waals surface area contributed by atoms with Crippen LogP contribution >= 0.6 is 0 Å². The summed E-state index contributed by atoms with van der Waals surface area (Å²) in [7, 11) is 0. The number of aliphatic carboxylic acids is 1. The van der Waals surface area contributed by atoms with Crippen LogP contribution < -0.4 is 5.32 Å².